The molecule has 1 fully saturated rings. The van der Waals surface area contributed by atoms with E-state index in [1.807, 2.05) is 36.4 Å². The van der Waals surface area contributed by atoms with Crippen molar-refractivity contribution in [3.8, 4) is 5.75 Å². The Kier molecular flexibility index (Phi) is 6.43. The molecular weight excluding hydrogens is 495 g/mol. The van der Waals surface area contributed by atoms with Crippen LogP contribution in [0.25, 0.3) is 6.08 Å². The largest absolute Gasteiger partial charge is 0.488 e. The van der Waals surface area contributed by atoms with Crippen LogP contribution in [0, 0.1) is 5.82 Å². The SMILES string of the molecule is O=C1NC(=S)N(c2ccc(F)cc2)C(=O)/C1=C\c1cc(Br)ccc1OCc1ccccc1. The Bertz CT molecular complexity index is 1230. The lowest BCUT2D eigenvalue weighted by Crippen LogP contribution is -2.54. The highest BCUT2D eigenvalue weighted by Crippen LogP contribution is 2.28. The molecule has 0 bridgehead atoms. The molecule has 1 N–H and O–H groups in total. The van der Waals surface area contributed by atoms with E-state index in [4.69, 9.17) is 17.0 Å². The maximum Gasteiger partial charge on any atom is 0.270 e. The van der Waals surface area contributed by atoms with E-state index in [1.54, 1.807) is 12.1 Å². The van der Waals surface area contributed by atoms with Crippen LogP contribution in [0.1, 0.15) is 11.1 Å². The molecule has 3 aromatic rings. The Morgan fingerprint density at radius 1 is 1.03 bits per heavy atom. The van der Waals surface area contributed by atoms with Gasteiger partial charge in [-0.3, -0.25) is 19.8 Å². The number of carbonyl (C=O) groups is 2. The third kappa shape index (κ3) is 4.76. The molecule has 160 valence electrons. The van der Waals surface area contributed by atoms with Gasteiger partial charge >= 0.3 is 0 Å². The molecule has 0 spiro atoms. The Hall–Kier alpha value is -3.36. The predicted molar refractivity (Wildman–Crippen MR) is 128 cm³/mol. The number of nitrogens with zero attached hydrogens (tertiary/aromatic N) is 1. The molecule has 2 amide bonds. The number of benzene rings is 3. The van der Waals surface area contributed by atoms with Gasteiger partial charge in [0.1, 0.15) is 23.7 Å². The monoisotopic (exact) mass is 510 g/mol. The molecule has 1 aliphatic rings. The fraction of sp³-hybridized carbons (Fsp3) is 0.0417. The van der Waals surface area contributed by atoms with E-state index in [0.29, 0.717) is 23.6 Å². The molecule has 0 radical (unpaired) electrons. The topological polar surface area (TPSA) is 58.6 Å². The summed E-state index contributed by atoms with van der Waals surface area (Å²) in [7, 11) is 0. The van der Waals surface area contributed by atoms with Crippen LogP contribution < -0.4 is 15.0 Å². The quantitative estimate of drug-likeness (QED) is 0.298. The van der Waals surface area contributed by atoms with Crippen molar-refractivity contribution in [2.24, 2.45) is 0 Å². The van der Waals surface area contributed by atoms with Gasteiger partial charge in [-0.25, -0.2) is 4.39 Å². The molecule has 1 heterocycles. The number of thiocarbonyl (C=S) groups is 1. The third-order valence-electron chi connectivity index (χ3n) is 4.70. The summed E-state index contributed by atoms with van der Waals surface area (Å²) < 4.78 is 20.0. The fourth-order valence-electron chi connectivity index (χ4n) is 3.14. The summed E-state index contributed by atoms with van der Waals surface area (Å²) >= 11 is 8.59. The van der Waals surface area contributed by atoms with Crippen LogP contribution in [-0.4, -0.2) is 16.9 Å². The summed E-state index contributed by atoms with van der Waals surface area (Å²) in [6.45, 7) is 0.324. The molecule has 1 saturated heterocycles. The first kappa shape index (κ1) is 21.9. The van der Waals surface area contributed by atoms with Crippen LogP contribution in [0.4, 0.5) is 10.1 Å². The molecule has 5 nitrogen and oxygen atoms in total. The summed E-state index contributed by atoms with van der Waals surface area (Å²) in [4.78, 5) is 26.9. The fourth-order valence-corrected chi connectivity index (χ4v) is 3.80. The number of amides is 2. The lowest BCUT2D eigenvalue weighted by Gasteiger charge is -2.29. The minimum absolute atomic E-state index is 0.0708. The average molecular weight is 511 g/mol. The molecule has 0 saturated carbocycles. The van der Waals surface area contributed by atoms with Crippen LogP contribution in [0.5, 0.6) is 5.75 Å². The first-order chi connectivity index (χ1) is 15.4. The smallest absolute Gasteiger partial charge is 0.270 e. The zero-order valence-electron chi connectivity index (χ0n) is 16.5. The second-order valence-electron chi connectivity index (χ2n) is 6.89. The van der Waals surface area contributed by atoms with Gasteiger partial charge in [-0.05, 0) is 66.3 Å². The molecule has 4 rings (SSSR count). The van der Waals surface area contributed by atoms with Crippen molar-refractivity contribution >= 4 is 56.8 Å². The van der Waals surface area contributed by atoms with Gasteiger partial charge in [0.25, 0.3) is 11.8 Å². The summed E-state index contributed by atoms with van der Waals surface area (Å²) in [5.41, 5.74) is 1.75. The molecule has 0 unspecified atom stereocenters. The van der Waals surface area contributed by atoms with Gasteiger partial charge in [0.15, 0.2) is 5.11 Å². The number of carbonyl (C=O) groups excluding carboxylic acids is 2. The third-order valence-corrected chi connectivity index (χ3v) is 5.47. The van der Waals surface area contributed by atoms with Gasteiger partial charge in [0, 0.05) is 10.0 Å². The van der Waals surface area contributed by atoms with Gasteiger partial charge in [-0.1, -0.05) is 46.3 Å². The average Bonchev–Trinajstić information content (AvgIpc) is 2.78. The van der Waals surface area contributed by atoms with Crippen molar-refractivity contribution in [3.63, 3.8) is 0 Å². The van der Waals surface area contributed by atoms with Crippen LogP contribution in [-0.2, 0) is 16.2 Å². The molecule has 0 atom stereocenters. The molecule has 1 aliphatic heterocycles. The van der Waals surface area contributed by atoms with Crippen LogP contribution in [0.3, 0.4) is 0 Å². The Labute approximate surface area is 197 Å². The minimum Gasteiger partial charge on any atom is -0.488 e. The van der Waals surface area contributed by atoms with Crippen molar-refractivity contribution in [1.29, 1.82) is 0 Å². The molecule has 8 heteroatoms. The van der Waals surface area contributed by atoms with E-state index in [2.05, 4.69) is 21.2 Å². The van der Waals surface area contributed by atoms with Gasteiger partial charge in [-0.15, -0.1) is 0 Å². The minimum atomic E-state index is -0.618. The van der Waals surface area contributed by atoms with E-state index >= 15 is 0 Å². The number of halogens is 2. The van der Waals surface area contributed by atoms with E-state index in [9.17, 15) is 14.0 Å². The number of nitrogens with one attached hydrogen (secondary N) is 1. The maximum atomic E-state index is 13.3. The van der Waals surface area contributed by atoms with E-state index in [0.717, 1.165) is 14.9 Å². The number of anilines is 1. The lowest BCUT2D eigenvalue weighted by atomic mass is 10.1. The highest BCUT2D eigenvalue weighted by Gasteiger charge is 2.34. The summed E-state index contributed by atoms with van der Waals surface area (Å²) in [6, 6.07) is 20.2. The van der Waals surface area contributed by atoms with Gasteiger partial charge < -0.3 is 4.74 Å². The zero-order chi connectivity index (χ0) is 22.7. The normalized spacial score (nSPS) is 15.1. The molecule has 0 aromatic heterocycles. The van der Waals surface area contributed by atoms with Gasteiger partial charge in [0.2, 0.25) is 0 Å². The molecule has 0 aliphatic carbocycles. The van der Waals surface area contributed by atoms with Crippen molar-refractivity contribution in [2.45, 2.75) is 6.61 Å². The highest BCUT2D eigenvalue weighted by atomic mass is 79.9. The Morgan fingerprint density at radius 2 is 1.75 bits per heavy atom. The maximum absolute atomic E-state index is 13.3. The molecule has 32 heavy (non-hydrogen) atoms. The van der Waals surface area contributed by atoms with Crippen molar-refractivity contribution < 1.29 is 18.7 Å². The van der Waals surface area contributed by atoms with Crippen LogP contribution in [0.15, 0.2) is 82.8 Å². The second kappa shape index (κ2) is 9.42. The molecule has 3 aromatic carbocycles. The molecular formula is C24H16BrFN2O3S. The standard InChI is InChI=1S/C24H16BrFN2O3S/c25-17-6-11-21(31-14-15-4-2-1-3-5-15)16(12-17)13-20-22(29)27-24(32)28(23(20)30)19-9-7-18(26)8-10-19/h1-13H,14H2,(H,27,29,32)/b20-13-. The summed E-state index contributed by atoms with van der Waals surface area (Å²) in [5, 5.41) is 2.45. The number of ether oxygens (including phenoxy) is 1. The van der Waals surface area contributed by atoms with Gasteiger partial charge in [-0.2, -0.15) is 0 Å². The lowest BCUT2D eigenvalue weighted by molar-refractivity contribution is -0.122. The number of hydrogen-bond donors (Lipinski definition) is 1. The Balaban J connectivity index is 1.67. The van der Waals surface area contributed by atoms with Gasteiger partial charge in [0.05, 0.1) is 5.69 Å². The summed E-state index contributed by atoms with van der Waals surface area (Å²) in [6.07, 6.45) is 1.46. The predicted octanol–water partition coefficient (Wildman–Crippen LogP) is 5.00. The van der Waals surface area contributed by atoms with E-state index in [1.165, 1.54) is 30.3 Å². The first-order valence-electron chi connectivity index (χ1n) is 9.55. The summed E-state index contributed by atoms with van der Waals surface area (Å²) in [5.74, 6) is -1.17. The van der Waals surface area contributed by atoms with Crippen molar-refractivity contribution in [3.05, 3.63) is 99.8 Å². The second-order valence-corrected chi connectivity index (χ2v) is 8.19. The van der Waals surface area contributed by atoms with Crippen molar-refractivity contribution in [2.75, 3.05) is 4.90 Å². The first-order valence-corrected chi connectivity index (χ1v) is 10.8. The number of hydrogen-bond acceptors (Lipinski definition) is 4. The van der Waals surface area contributed by atoms with E-state index in [-0.39, 0.29) is 10.7 Å². The van der Waals surface area contributed by atoms with Crippen molar-refractivity contribution in [1.82, 2.24) is 5.32 Å². The highest BCUT2D eigenvalue weighted by molar-refractivity contribution is 9.10. The number of rotatable bonds is 5. The zero-order valence-corrected chi connectivity index (χ0v) is 19.0. The van der Waals surface area contributed by atoms with Crippen LogP contribution in [0.2, 0.25) is 0 Å². The van der Waals surface area contributed by atoms with Crippen LogP contribution >= 0.6 is 28.1 Å². The Morgan fingerprint density at radius 3 is 2.47 bits per heavy atom. The van der Waals surface area contributed by atoms with E-state index < -0.39 is 17.6 Å².